The molecule has 4 amide bonds. The maximum atomic E-state index is 13.2. The molecule has 4 unspecified atom stereocenters. The number of hydrogen-bond acceptors (Lipinski definition) is 6. The third kappa shape index (κ3) is 7.80. The average molecular weight is 503 g/mol. The molecule has 36 heavy (non-hydrogen) atoms. The Bertz CT molecular complexity index is 1100. The average Bonchev–Trinajstić information content (AvgIpc) is 3.26. The van der Waals surface area contributed by atoms with Gasteiger partial charge in [-0.25, -0.2) is 4.79 Å². The number of nitrogens with one attached hydrogen (secondary N) is 4. The quantitative estimate of drug-likeness (QED) is 0.180. The van der Waals surface area contributed by atoms with E-state index in [9.17, 15) is 29.1 Å². The lowest BCUT2D eigenvalue weighted by atomic mass is 9.97. The van der Waals surface area contributed by atoms with Crippen LogP contribution in [0.4, 0.5) is 0 Å². The fourth-order valence-corrected chi connectivity index (χ4v) is 3.74. The molecule has 9 N–H and O–H groups in total. The zero-order valence-corrected chi connectivity index (χ0v) is 20.4. The molecule has 12 nitrogen and oxygen atoms in total. The van der Waals surface area contributed by atoms with E-state index in [2.05, 4.69) is 20.9 Å². The zero-order valence-electron chi connectivity index (χ0n) is 20.4. The maximum Gasteiger partial charge on any atom is 0.326 e. The molecule has 0 spiro atoms. The standard InChI is InChI=1S/C24H34N6O6/c1-3-13(2)21(30-20(32)11-25)23(34)29-18(10-14-12-27-16-7-5-4-6-15(14)16)22(33)28-17(24(35)36)8-9-19(26)31/h4-7,12-13,17-18,21,27H,3,8-11,25H2,1-2H3,(H2,26,31)(H,28,33)(H,29,34)(H,30,32)(H,35,36). The van der Waals surface area contributed by atoms with E-state index in [0.717, 1.165) is 16.5 Å². The van der Waals surface area contributed by atoms with Crippen molar-refractivity contribution in [1.82, 2.24) is 20.9 Å². The summed E-state index contributed by atoms with van der Waals surface area (Å²) < 4.78 is 0. The lowest BCUT2D eigenvalue weighted by Crippen LogP contribution is -2.58. The van der Waals surface area contributed by atoms with Gasteiger partial charge in [0.2, 0.25) is 23.6 Å². The van der Waals surface area contributed by atoms with Crippen LogP contribution in [0.25, 0.3) is 10.9 Å². The van der Waals surface area contributed by atoms with E-state index in [0.29, 0.717) is 6.42 Å². The molecule has 0 aliphatic heterocycles. The number of para-hydroxylation sites is 1. The third-order valence-corrected chi connectivity index (χ3v) is 6.02. The molecule has 0 fully saturated rings. The van der Waals surface area contributed by atoms with E-state index in [1.54, 1.807) is 13.1 Å². The van der Waals surface area contributed by atoms with E-state index in [1.807, 2.05) is 31.2 Å². The molecular weight excluding hydrogens is 468 g/mol. The van der Waals surface area contributed by atoms with Gasteiger partial charge in [0.1, 0.15) is 18.1 Å². The molecular formula is C24H34N6O6. The Morgan fingerprint density at radius 2 is 1.69 bits per heavy atom. The number of H-pyrrole nitrogens is 1. The first-order chi connectivity index (χ1) is 17.1. The van der Waals surface area contributed by atoms with Gasteiger partial charge in [0, 0.05) is 29.9 Å². The first kappa shape index (κ1) is 28.3. The van der Waals surface area contributed by atoms with Crippen molar-refractivity contribution in [3.63, 3.8) is 0 Å². The SMILES string of the molecule is CCC(C)C(NC(=O)CN)C(=O)NC(Cc1c[nH]c2ccccc12)C(=O)NC(CCC(N)=O)C(=O)O. The van der Waals surface area contributed by atoms with Crippen LogP contribution in [0.2, 0.25) is 0 Å². The number of carboxylic acid groups (broad SMARTS) is 1. The Morgan fingerprint density at radius 1 is 1.03 bits per heavy atom. The summed E-state index contributed by atoms with van der Waals surface area (Å²) in [7, 11) is 0. The highest BCUT2D eigenvalue weighted by Crippen LogP contribution is 2.19. The minimum Gasteiger partial charge on any atom is -0.480 e. The normalized spacial score (nSPS) is 14.3. The zero-order chi connectivity index (χ0) is 26.8. The summed E-state index contributed by atoms with van der Waals surface area (Å²) in [4.78, 5) is 64.2. The second-order valence-corrected chi connectivity index (χ2v) is 8.66. The van der Waals surface area contributed by atoms with Crippen LogP contribution in [0, 0.1) is 5.92 Å². The Balaban J connectivity index is 2.33. The Kier molecular flexibility index (Phi) is 10.4. The molecule has 0 aliphatic carbocycles. The van der Waals surface area contributed by atoms with Gasteiger partial charge in [-0.15, -0.1) is 0 Å². The van der Waals surface area contributed by atoms with Crippen molar-refractivity contribution in [3.05, 3.63) is 36.0 Å². The Hall–Kier alpha value is -3.93. The molecule has 2 aromatic rings. The van der Waals surface area contributed by atoms with Crippen molar-refractivity contribution in [2.24, 2.45) is 17.4 Å². The number of aromatic nitrogens is 1. The molecule has 0 aliphatic rings. The van der Waals surface area contributed by atoms with Crippen molar-refractivity contribution < 1.29 is 29.1 Å². The number of aliphatic carboxylic acids is 1. The van der Waals surface area contributed by atoms with Gasteiger partial charge in [0.15, 0.2) is 0 Å². The molecule has 2 rings (SSSR count). The van der Waals surface area contributed by atoms with E-state index in [1.165, 1.54) is 0 Å². The summed E-state index contributed by atoms with van der Waals surface area (Å²) in [5.41, 5.74) is 12.1. The minimum absolute atomic E-state index is 0.0435. The van der Waals surface area contributed by atoms with Crippen LogP contribution in [0.1, 0.15) is 38.7 Å². The van der Waals surface area contributed by atoms with E-state index in [-0.39, 0.29) is 31.7 Å². The molecule has 4 atom stereocenters. The molecule has 1 heterocycles. The van der Waals surface area contributed by atoms with Crippen molar-refractivity contribution in [3.8, 4) is 0 Å². The van der Waals surface area contributed by atoms with Crippen molar-refractivity contribution in [1.29, 1.82) is 0 Å². The van der Waals surface area contributed by atoms with Crippen LogP contribution >= 0.6 is 0 Å². The van der Waals surface area contributed by atoms with Crippen molar-refractivity contribution >= 4 is 40.5 Å². The monoisotopic (exact) mass is 502 g/mol. The Labute approximate surface area is 208 Å². The number of carbonyl (C=O) groups is 5. The van der Waals surface area contributed by atoms with Gasteiger partial charge >= 0.3 is 5.97 Å². The van der Waals surface area contributed by atoms with Crippen LogP contribution in [0.15, 0.2) is 30.5 Å². The van der Waals surface area contributed by atoms with E-state index >= 15 is 0 Å². The fourth-order valence-electron chi connectivity index (χ4n) is 3.74. The molecule has 1 aromatic carbocycles. The summed E-state index contributed by atoms with van der Waals surface area (Å²) in [5, 5.41) is 18.0. The molecule has 0 saturated heterocycles. The van der Waals surface area contributed by atoms with Crippen LogP contribution in [-0.2, 0) is 30.4 Å². The number of nitrogens with two attached hydrogens (primary N) is 2. The molecule has 0 radical (unpaired) electrons. The fraction of sp³-hybridized carbons (Fsp3) is 0.458. The largest absolute Gasteiger partial charge is 0.480 e. The number of carboxylic acids is 1. The summed E-state index contributed by atoms with van der Waals surface area (Å²) in [5.74, 6) is -4.18. The number of fused-ring (bicyclic) bond motifs is 1. The van der Waals surface area contributed by atoms with Gasteiger partial charge in [-0.05, 0) is 24.0 Å². The lowest BCUT2D eigenvalue weighted by molar-refractivity contribution is -0.142. The highest BCUT2D eigenvalue weighted by atomic mass is 16.4. The van der Waals surface area contributed by atoms with Crippen LogP contribution in [-0.4, -0.2) is 64.4 Å². The number of amides is 4. The summed E-state index contributed by atoms with van der Waals surface area (Å²) in [6.45, 7) is 3.32. The molecule has 0 bridgehead atoms. The highest BCUT2D eigenvalue weighted by molar-refractivity contribution is 5.94. The smallest absolute Gasteiger partial charge is 0.326 e. The number of primary amides is 1. The first-order valence-corrected chi connectivity index (χ1v) is 11.7. The van der Waals surface area contributed by atoms with Crippen LogP contribution in [0.3, 0.4) is 0 Å². The van der Waals surface area contributed by atoms with Gasteiger partial charge in [-0.1, -0.05) is 38.5 Å². The summed E-state index contributed by atoms with van der Waals surface area (Å²) >= 11 is 0. The Morgan fingerprint density at radius 3 is 2.31 bits per heavy atom. The predicted molar refractivity (Wildman–Crippen MR) is 132 cm³/mol. The van der Waals surface area contributed by atoms with Gasteiger partial charge in [-0.2, -0.15) is 0 Å². The van der Waals surface area contributed by atoms with Gasteiger partial charge < -0.3 is 37.5 Å². The first-order valence-electron chi connectivity index (χ1n) is 11.7. The number of benzene rings is 1. The number of hydrogen-bond donors (Lipinski definition) is 7. The minimum atomic E-state index is -1.38. The van der Waals surface area contributed by atoms with Crippen LogP contribution < -0.4 is 27.4 Å². The van der Waals surface area contributed by atoms with E-state index < -0.39 is 47.7 Å². The molecule has 12 heteroatoms. The predicted octanol–water partition coefficient (Wildman–Crippen LogP) is -0.480. The molecule has 1 aromatic heterocycles. The summed E-state index contributed by atoms with van der Waals surface area (Å²) in [6.07, 6.45) is 1.88. The second kappa shape index (κ2) is 13.2. The molecule has 0 saturated carbocycles. The number of aromatic amines is 1. The topological polar surface area (TPSA) is 209 Å². The van der Waals surface area contributed by atoms with Gasteiger partial charge in [-0.3, -0.25) is 19.2 Å². The van der Waals surface area contributed by atoms with E-state index in [4.69, 9.17) is 11.5 Å². The van der Waals surface area contributed by atoms with Crippen molar-refractivity contribution in [2.75, 3.05) is 6.54 Å². The second-order valence-electron chi connectivity index (χ2n) is 8.66. The lowest BCUT2D eigenvalue weighted by Gasteiger charge is -2.27. The number of rotatable bonds is 14. The number of carbonyl (C=O) groups excluding carboxylic acids is 4. The molecule has 196 valence electrons. The van der Waals surface area contributed by atoms with Gasteiger partial charge in [0.25, 0.3) is 0 Å². The maximum absolute atomic E-state index is 13.2. The van der Waals surface area contributed by atoms with Crippen LogP contribution in [0.5, 0.6) is 0 Å². The van der Waals surface area contributed by atoms with Crippen molar-refractivity contribution in [2.45, 2.75) is 57.7 Å². The summed E-state index contributed by atoms with van der Waals surface area (Å²) in [6, 6.07) is 3.89. The third-order valence-electron chi connectivity index (χ3n) is 6.02. The van der Waals surface area contributed by atoms with Gasteiger partial charge in [0.05, 0.1) is 6.54 Å². The highest BCUT2D eigenvalue weighted by Gasteiger charge is 2.32.